The van der Waals surface area contributed by atoms with Crippen LogP contribution in [0.4, 0.5) is 5.95 Å². The maximum atomic E-state index is 12.5. The molecule has 1 aromatic carbocycles. The number of anilines is 1. The molecule has 0 amide bonds. The minimum Gasteiger partial charge on any atom is -0.381 e. The van der Waals surface area contributed by atoms with Gasteiger partial charge in [0.25, 0.3) is 5.56 Å². The van der Waals surface area contributed by atoms with Gasteiger partial charge in [-0.15, -0.1) is 0 Å². The summed E-state index contributed by atoms with van der Waals surface area (Å²) in [6.45, 7) is 3.51. The molecule has 0 bridgehead atoms. The molecule has 8 heteroatoms. The molecular weight excluding hydrogens is 393 g/mol. The first kappa shape index (κ1) is 18.2. The molecule has 0 atom stereocenters. The fraction of sp³-hybridized carbons (Fsp3) is 0.444. The molecular formula is C18H19Cl2N3O2S. The summed E-state index contributed by atoms with van der Waals surface area (Å²) in [6.07, 6.45) is 4.90. The molecule has 1 N–H and O–H groups in total. The van der Waals surface area contributed by atoms with Gasteiger partial charge in [-0.25, -0.2) is 4.98 Å². The van der Waals surface area contributed by atoms with Crippen LogP contribution in [0.15, 0.2) is 39.0 Å². The van der Waals surface area contributed by atoms with Gasteiger partial charge >= 0.3 is 0 Å². The summed E-state index contributed by atoms with van der Waals surface area (Å²) in [5.74, 6) is 0.630. The van der Waals surface area contributed by atoms with Crippen molar-refractivity contribution >= 4 is 40.9 Å². The van der Waals surface area contributed by atoms with Crippen LogP contribution in [-0.4, -0.2) is 36.3 Å². The third-order valence-corrected chi connectivity index (χ3v) is 7.20. The van der Waals surface area contributed by atoms with Crippen molar-refractivity contribution in [3.05, 3.63) is 44.8 Å². The average molecular weight is 412 g/mol. The lowest BCUT2D eigenvalue weighted by Crippen LogP contribution is -2.41. The number of ether oxygens (including phenoxy) is 1. The van der Waals surface area contributed by atoms with Crippen LogP contribution in [0.25, 0.3) is 0 Å². The number of nitrogens with zero attached hydrogens (tertiary/aromatic N) is 2. The molecule has 2 aromatic rings. The van der Waals surface area contributed by atoms with E-state index in [1.807, 2.05) is 12.1 Å². The van der Waals surface area contributed by atoms with E-state index in [1.54, 1.807) is 12.3 Å². The van der Waals surface area contributed by atoms with E-state index in [2.05, 4.69) is 14.9 Å². The van der Waals surface area contributed by atoms with Crippen molar-refractivity contribution < 1.29 is 4.74 Å². The van der Waals surface area contributed by atoms with Gasteiger partial charge in [0.05, 0.1) is 27.7 Å². The van der Waals surface area contributed by atoms with E-state index in [0.29, 0.717) is 26.3 Å². The molecule has 4 rings (SSSR count). The van der Waals surface area contributed by atoms with Crippen LogP contribution in [0.2, 0.25) is 10.0 Å². The summed E-state index contributed by atoms with van der Waals surface area (Å²) < 4.78 is 5.57. The normalized spacial score (nSPS) is 19.2. The Kier molecular flexibility index (Phi) is 5.19. The van der Waals surface area contributed by atoms with Crippen molar-refractivity contribution in [2.24, 2.45) is 5.41 Å². The zero-order chi connectivity index (χ0) is 18.1. The largest absolute Gasteiger partial charge is 0.381 e. The van der Waals surface area contributed by atoms with Crippen molar-refractivity contribution in [1.29, 1.82) is 0 Å². The van der Waals surface area contributed by atoms with Crippen molar-refractivity contribution in [1.82, 2.24) is 9.97 Å². The van der Waals surface area contributed by atoms with Crippen LogP contribution in [0.5, 0.6) is 0 Å². The number of H-pyrrole nitrogens is 1. The Morgan fingerprint density at radius 2 is 2.00 bits per heavy atom. The molecule has 2 saturated heterocycles. The fourth-order valence-electron chi connectivity index (χ4n) is 3.53. The Morgan fingerprint density at radius 1 is 1.19 bits per heavy atom. The third kappa shape index (κ3) is 3.60. The summed E-state index contributed by atoms with van der Waals surface area (Å²) in [5, 5.41) is 0.915. The van der Waals surface area contributed by atoms with E-state index in [1.165, 1.54) is 11.8 Å². The molecule has 2 aliphatic rings. The molecule has 26 heavy (non-hydrogen) atoms. The zero-order valence-corrected chi connectivity index (χ0v) is 16.5. The topological polar surface area (TPSA) is 58.2 Å². The molecule has 0 saturated carbocycles. The number of rotatable bonds is 3. The Bertz CT molecular complexity index is 858. The highest BCUT2D eigenvalue weighted by molar-refractivity contribution is 7.99. The second-order valence-electron chi connectivity index (χ2n) is 6.84. The molecule has 5 nitrogen and oxygen atoms in total. The quantitative estimate of drug-likeness (QED) is 0.818. The number of benzene rings is 1. The smallest absolute Gasteiger partial charge is 0.266 e. The van der Waals surface area contributed by atoms with Crippen LogP contribution in [-0.2, 0) is 4.74 Å². The van der Waals surface area contributed by atoms with E-state index in [0.717, 1.165) is 50.5 Å². The number of halogens is 2. The highest BCUT2D eigenvalue weighted by Gasteiger charge is 2.38. The van der Waals surface area contributed by atoms with Gasteiger partial charge in [0.1, 0.15) is 0 Å². The van der Waals surface area contributed by atoms with Gasteiger partial charge in [0, 0.05) is 24.6 Å². The molecule has 0 unspecified atom stereocenters. The van der Waals surface area contributed by atoms with Crippen molar-refractivity contribution in [2.75, 3.05) is 31.2 Å². The first-order chi connectivity index (χ1) is 12.6. The van der Waals surface area contributed by atoms with E-state index < -0.39 is 0 Å². The second-order valence-corrected chi connectivity index (χ2v) is 8.71. The van der Waals surface area contributed by atoms with Gasteiger partial charge in [-0.2, -0.15) is 0 Å². The number of hydrogen-bond donors (Lipinski definition) is 1. The molecule has 2 fully saturated rings. The van der Waals surface area contributed by atoms with Crippen LogP contribution < -0.4 is 10.5 Å². The van der Waals surface area contributed by atoms with Gasteiger partial charge in [-0.05, 0) is 36.8 Å². The third-order valence-electron chi connectivity index (χ3n) is 5.20. The summed E-state index contributed by atoms with van der Waals surface area (Å²) in [6, 6.07) is 5.36. The van der Waals surface area contributed by atoms with Gasteiger partial charge in [-0.1, -0.05) is 41.0 Å². The predicted octanol–water partition coefficient (Wildman–Crippen LogP) is 4.23. The summed E-state index contributed by atoms with van der Waals surface area (Å²) in [7, 11) is 0. The first-order valence-electron chi connectivity index (χ1n) is 8.60. The van der Waals surface area contributed by atoms with Crippen LogP contribution in [0, 0.1) is 5.41 Å². The summed E-state index contributed by atoms with van der Waals surface area (Å²) in [4.78, 5) is 23.2. The van der Waals surface area contributed by atoms with E-state index in [-0.39, 0.29) is 5.56 Å². The lowest BCUT2D eigenvalue weighted by molar-refractivity contribution is 0.133. The molecule has 1 spiro atoms. The summed E-state index contributed by atoms with van der Waals surface area (Å²) >= 11 is 13.5. The second kappa shape index (κ2) is 7.43. The van der Waals surface area contributed by atoms with Crippen LogP contribution in [0.3, 0.4) is 0 Å². The average Bonchev–Trinajstić information content (AvgIpc) is 3.09. The number of piperidine rings is 1. The van der Waals surface area contributed by atoms with Gasteiger partial charge in [-0.3, -0.25) is 9.78 Å². The molecule has 138 valence electrons. The monoisotopic (exact) mass is 411 g/mol. The molecule has 0 aliphatic carbocycles. The molecule has 0 radical (unpaired) electrons. The Balaban J connectivity index is 1.48. The van der Waals surface area contributed by atoms with Crippen LogP contribution >= 0.6 is 35.0 Å². The minimum atomic E-state index is -0.166. The van der Waals surface area contributed by atoms with Gasteiger partial charge in [0.2, 0.25) is 5.95 Å². The Labute approximate surface area is 166 Å². The predicted molar refractivity (Wildman–Crippen MR) is 105 cm³/mol. The number of aromatic nitrogens is 2. The van der Waals surface area contributed by atoms with Crippen molar-refractivity contribution in [3.8, 4) is 0 Å². The highest BCUT2D eigenvalue weighted by Crippen LogP contribution is 2.40. The van der Waals surface area contributed by atoms with Gasteiger partial charge < -0.3 is 9.64 Å². The maximum Gasteiger partial charge on any atom is 0.266 e. The number of nitrogens with one attached hydrogen (secondary N) is 1. The van der Waals surface area contributed by atoms with E-state index in [4.69, 9.17) is 27.9 Å². The standard InChI is InChI=1S/C18H19Cl2N3O2S/c19-12-2-1-3-13(15(12)20)26-14-10-21-17(22-16(14)24)23-7-4-18(5-8-23)6-9-25-11-18/h1-3,10H,4-9,11H2,(H,21,22,24). The Hall–Kier alpha value is -1.21. The number of hydrogen-bond acceptors (Lipinski definition) is 5. The molecule has 2 aliphatic heterocycles. The SMILES string of the molecule is O=c1[nH]c(N2CCC3(CCOC3)CC2)ncc1Sc1cccc(Cl)c1Cl. The van der Waals surface area contributed by atoms with E-state index in [9.17, 15) is 4.79 Å². The lowest BCUT2D eigenvalue weighted by Gasteiger charge is -2.38. The molecule has 1 aromatic heterocycles. The summed E-state index contributed by atoms with van der Waals surface area (Å²) in [5.41, 5.74) is 0.163. The maximum absolute atomic E-state index is 12.5. The number of aromatic amines is 1. The van der Waals surface area contributed by atoms with Crippen molar-refractivity contribution in [3.63, 3.8) is 0 Å². The zero-order valence-electron chi connectivity index (χ0n) is 14.1. The fourth-order valence-corrected chi connectivity index (χ4v) is 4.83. The minimum absolute atomic E-state index is 0.166. The molecule has 3 heterocycles. The lowest BCUT2D eigenvalue weighted by atomic mass is 9.78. The highest BCUT2D eigenvalue weighted by atomic mass is 35.5. The Morgan fingerprint density at radius 3 is 2.69 bits per heavy atom. The first-order valence-corrected chi connectivity index (χ1v) is 10.2. The van der Waals surface area contributed by atoms with Gasteiger partial charge in [0.15, 0.2) is 0 Å². The van der Waals surface area contributed by atoms with E-state index >= 15 is 0 Å². The van der Waals surface area contributed by atoms with Crippen molar-refractivity contribution in [2.45, 2.75) is 29.1 Å². The van der Waals surface area contributed by atoms with Crippen LogP contribution in [0.1, 0.15) is 19.3 Å².